The Morgan fingerprint density at radius 1 is 0.966 bits per heavy atom. The molecule has 0 unspecified atom stereocenters. The summed E-state index contributed by atoms with van der Waals surface area (Å²) in [6.07, 6.45) is 1.25. The van der Waals surface area contributed by atoms with E-state index in [2.05, 4.69) is 36.2 Å². The fraction of sp³-hybridized carbons (Fsp3) is 0.174. The van der Waals surface area contributed by atoms with Crippen LogP contribution in [0.1, 0.15) is 23.9 Å². The molecule has 1 amide bonds. The molecule has 2 aromatic heterocycles. The van der Waals surface area contributed by atoms with Gasteiger partial charge < -0.3 is 0 Å². The highest BCUT2D eigenvalue weighted by Gasteiger charge is 2.22. The van der Waals surface area contributed by atoms with Crippen molar-refractivity contribution in [2.45, 2.75) is 26.7 Å². The molecule has 0 aliphatic carbocycles. The topological polar surface area (TPSA) is 46.1 Å². The second-order valence-electron chi connectivity index (χ2n) is 6.71. The van der Waals surface area contributed by atoms with Crippen molar-refractivity contribution in [3.63, 3.8) is 0 Å². The largest absolute Gasteiger partial charge is 0.274 e. The summed E-state index contributed by atoms with van der Waals surface area (Å²) in [7, 11) is 0. The number of anilines is 2. The van der Waals surface area contributed by atoms with Crippen molar-refractivity contribution in [3.8, 4) is 10.6 Å². The van der Waals surface area contributed by atoms with Crippen LogP contribution in [0.5, 0.6) is 0 Å². The maximum Gasteiger partial charge on any atom is 0.239 e. The first-order valence-corrected chi connectivity index (χ1v) is 11.2. The number of hydrogen-bond acceptors (Lipinski definition) is 5. The summed E-state index contributed by atoms with van der Waals surface area (Å²) in [5.74, 6) is -0.0382. The number of nitrogens with zero attached hydrogens (tertiary/aromatic N) is 3. The van der Waals surface area contributed by atoms with Gasteiger partial charge in [-0.25, -0.2) is 9.97 Å². The minimum absolute atomic E-state index is 0.0382. The molecule has 4 aromatic rings. The first-order chi connectivity index (χ1) is 14.1. The van der Waals surface area contributed by atoms with Crippen LogP contribution in [0.2, 0.25) is 0 Å². The number of amides is 1. The van der Waals surface area contributed by atoms with Gasteiger partial charge in [-0.3, -0.25) is 9.69 Å². The Balaban J connectivity index is 1.57. The zero-order valence-electron chi connectivity index (χ0n) is 16.3. The molecule has 0 fully saturated rings. The van der Waals surface area contributed by atoms with Crippen LogP contribution in [0.4, 0.5) is 10.8 Å². The SMILES string of the molecule is CCc1ccc(-c2nc(CC(=O)N(c3ccccc3)c3nc(C)cs3)cs2)cc1. The lowest BCUT2D eigenvalue weighted by molar-refractivity contribution is -0.117. The number of rotatable bonds is 6. The van der Waals surface area contributed by atoms with Crippen LogP contribution in [0.25, 0.3) is 10.6 Å². The second kappa shape index (κ2) is 8.68. The summed E-state index contributed by atoms with van der Waals surface area (Å²) in [4.78, 5) is 24.1. The molecule has 4 nitrogen and oxygen atoms in total. The smallest absolute Gasteiger partial charge is 0.239 e. The van der Waals surface area contributed by atoms with Crippen molar-refractivity contribution in [1.82, 2.24) is 9.97 Å². The summed E-state index contributed by atoms with van der Waals surface area (Å²) in [6.45, 7) is 4.08. The lowest BCUT2D eigenvalue weighted by Gasteiger charge is -2.19. The van der Waals surface area contributed by atoms with Crippen molar-refractivity contribution in [2.75, 3.05) is 4.90 Å². The number of aromatic nitrogens is 2. The molecule has 0 spiro atoms. The van der Waals surface area contributed by atoms with Gasteiger partial charge in [0.25, 0.3) is 0 Å². The van der Waals surface area contributed by atoms with E-state index in [9.17, 15) is 4.79 Å². The van der Waals surface area contributed by atoms with Crippen LogP contribution in [0.15, 0.2) is 65.4 Å². The monoisotopic (exact) mass is 419 g/mol. The highest BCUT2D eigenvalue weighted by molar-refractivity contribution is 7.14. The first kappa shape index (κ1) is 19.5. The normalized spacial score (nSPS) is 10.8. The molecule has 0 bridgehead atoms. The van der Waals surface area contributed by atoms with Crippen LogP contribution in [0, 0.1) is 6.92 Å². The summed E-state index contributed by atoms with van der Waals surface area (Å²) >= 11 is 3.04. The van der Waals surface area contributed by atoms with E-state index in [1.54, 1.807) is 16.2 Å². The number of thiazole rings is 2. The van der Waals surface area contributed by atoms with Gasteiger partial charge >= 0.3 is 0 Å². The number of benzene rings is 2. The Labute approximate surface area is 178 Å². The average Bonchev–Trinajstić information content (AvgIpc) is 3.38. The third-order valence-electron chi connectivity index (χ3n) is 4.56. The van der Waals surface area contributed by atoms with E-state index in [-0.39, 0.29) is 12.3 Å². The minimum atomic E-state index is -0.0382. The average molecular weight is 420 g/mol. The van der Waals surface area contributed by atoms with Crippen molar-refractivity contribution in [3.05, 3.63) is 82.3 Å². The molecule has 4 rings (SSSR count). The highest BCUT2D eigenvalue weighted by Crippen LogP contribution is 2.30. The van der Waals surface area contributed by atoms with Crippen LogP contribution < -0.4 is 4.90 Å². The number of hydrogen-bond donors (Lipinski definition) is 0. The number of para-hydroxylation sites is 1. The molecule has 2 aromatic carbocycles. The fourth-order valence-electron chi connectivity index (χ4n) is 3.02. The molecule has 0 radical (unpaired) electrons. The number of carbonyl (C=O) groups excluding carboxylic acids is 1. The van der Waals surface area contributed by atoms with Gasteiger partial charge in [0, 0.05) is 16.3 Å². The lowest BCUT2D eigenvalue weighted by Crippen LogP contribution is -2.27. The predicted molar refractivity (Wildman–Crippen MR) is 121 cm³/mol. The number of aryl methyl sites for hydroxylation is 2. The maximum atomic E-state index is 13.2. The van der Waals surface area contributed by atoms with Crippen molar-refractivity contribution in [1.29, 1.82) is 0 Å². The molecular formula is C23H21N3OS2. The van der Waals surface area contributed by atoms with Crippen LogP contribution in [-0.2, 0) is 17.6 Å². The van der Waals surface area contributed by atoms with Crippen molar-refractivity contribution in [2.24, 2.45) is 0 Å². The maximum absolute atomic E-state index is 13.2. The van der Waals surface area contributed by atoms with Crippen LogP contribution >= 0.6 is 22.7 Å². The van der Waals surface area contributed by atoms with Crippen LogP contribution in [-0.4, -0.2) is 15.9 Å². The molecule has 0 aliphatic rings. The Morgan fingerprint density at radius 2 is 1.72 bits per heavy atom. The molecule has 2 heterocycles. The van der Waals surface area contributed by atoms with Crippen molar-refractivity contribution >= 4 is 39.4 Å². The standard InChI is InChI=1S/C23H21N3OS2/c1-3-17-9-11-18(12-10-17)22-25-19(15-28-22)13-21(27)26(20-7-5-4-6-8-20)23-24-16(2)14-29-23/h4-12,14-15H,3,13H2,1-2H3. The van der Waals surface area contributed by atoms with E-state index in [4.69, 9.17) is 4.98 Å². The molecule has 0 N–H and O–H groups in total. The van der Waals surface area contributed by atoms with Gasteiger partial charge in [0.2, 0.25) is 5.91 Å². The first-order valence-electron chi connectivity index (χ1n) is 9.48. The zero-order chi connectivity index (χ0) is 20.2. The predicted octanol–water partition coefficient (Wildman–Crippen LogP) is 6.04. The Kier molecular flexibility index (Phi) is 5.83. The zero-order valence-corrected chi connectivity index (χ0v) is 18.0. The van der Waals surface area contributed by atoms with Gasteiger partial charge in [0.05, 0.1) is 23.5 Å². The van der Waals surface area contributed by atoms with Gasteiger partial charge in [-0.05, 0) is 31.0 Å². The minimum Gasteiger partial charge on any atom is -0.274 e. The summed E-state index contributed by atoms with van der Waals surface area (Å²) in [5, 5.41) is 5.55. The second-order valence-corrected chi connectivity index (χ2v) is 8.40. The molecule has 0 aliphatic heterocycles. The van der Waals surface area contributed by atoms with Crippen molar-refractivity contribution < 1.29 is 4.79 Å². The third-order valence-corrected chi connectivity index (χ3v) is 6.44. The fourth-order valence-corrected chi connectivity index (χ4v) is 4.68. The molecule has 146 valence electrons. The Bertz CT molecular complexity index is 1100. The van der Waals surface area contributed by atoms with Gasteiger partial charge in [0.1, 0.15) is 5.01 Å². The third kappa shape index (κ3) is 4.44. The van der Waals surface area contributed by atoms with E-state index in [0.717, 1.165) is 34.1 Å². The molecule has 6 heteroatoms. The summed E-state index contributed by atoms with van der Waals surface area (Å²) in [5.41, 5.74) is 4.89. The molecule has 29 heavy (non-hydrogen) atoms. The van der Waals surface area contributed by atoms with E-state index in [1.807, 2.05) is 48.0 Å². The molecule has 0 atom stereocenters. The highest BCUT2D eigenvalue weighted by atomic mass is 32.1. The van der Waals surface area contributed by atoms with Gasteiger partial charge in [-0.15, -0.1) is 22.7 Å². The van der Waals surface area contributed by atoms with Gasteiger partial charge in [-0.2, -0.15) is 0 Å². The van der Waals surface area contributed by atoms with E-state index < -0.39 is 0 Å². The van der Waals surface area contributed by atoms with Crippen LogP contribution in [0.3, 0.4) is 0 Å². The van der Waals surface area contributed by atoms with E-state index in [1.165, 1.54) is 16.9 Å². The Morgan fingerprint density at radius 3 is 2.38 bits per heavy atom. The molecular weight excluding hydrogens is 398 g/mol. The Hall–Kier alpha value is -2.83. The van der Waals surface area contributed by atoms with Gasteiger partial charge in [0.15, 0.2) is 5.13 Å². The summed E-state index contributed by atoms with van der Waals surface area (Å²) < 4.78 is 0. The van der Waals surface area contributed by atoms with E-state index >= 15 is 0 Å². The quantitative estimate of drug-likeness (QED) is 0.382. The molecule has 0 saturated heterocycles. The summed E-state index contributed by atoms with van der Waals surface area (Å²) in [6, 6.07) is 18.1. The number of carbonyl (C=O) groups is 1. The lowest BCUT2D eigenvalue weighted by atomic mass is 10.1. The van der Waals surface area contributed by atoms with Gasteiger partial charge in [-0.1, -0.05) is 49.4 Å². The molecule has 0 saturated carbocycles. The van der Waals surface area contributed by atoms with E-state index in [0.29, 0.717) is 5.13 Å².